The Hall–Kier alpha value is -1.46. The van der Waals surface area contributed by atoms with Crippen molar-refractivity contribution in [1.29, 1.82) is 5.26 Å². The van der Waals surface area contributed by atoms with Crippen LogP contribution in [0.5, 0.6) is 0 Å². The first-order valence-corrected chi connectivity index (χ1v) is 7.85. The molecule has 1 N–H and O–H groups in total. The first-order valence-electron chi connectivity index (χ1n) is 6.45. The van der Waals surface area contributed by atoms with E-state index in [0.29, 0.717) is 38.3 Å². The standard InChI is InChI=1S/C13H18N4O2S/c1-16(11-13-4-2-12(10-14)3-5-13)20(18,19)17-8-6-15-7-9-17/h2-5,15H,6-9,11H2,1H3. The second-order valence-electron chi connectivity index (χ2n) is 4.72. The lowest BCUT2D eigenvalue weighted by molar-refractivity contribution is 0.324. The van der Waals surface area contributed by atoms with Crippen molar-refractivity contribution in [2.45, 2.75) is 6.54 Å². The molecule has 1 aromatic rings. The van der Waals surface area contributed by atoms with E-state index in [1.54, 1.807) is 31.3 Å². The van der Waals surface area contributed by atoms with E-state index in [0.717, 1.165) is 5.56 Å². The van der Waals surface area contributed by atoms with Crippen LogP contribution in [0.1, 0.15) is 11.1 Å². The van der Waals surface area contributed by atoms with Gasteiger partial charge in [-0.2, -0.15) is 22.3 Å². The minimum absolute atomic E-state index is 0.304. The van der Waals surface area contributed by atoms with Crippen LogP contribution in [0.25, 0.3) is 0 Å². The molecule has 108 valence electrons. The van der Waals surface area contributed by atoms with Gasteiger partial charge in [0.05, 0.1) is 11.6 Å². The quantitative estimate of drug-likeness (QED) is 0.857. The summed E-state index contributed by atoms with van der Waals surface area (Å²) in [5, 5.41) is 11.9. The molecule has 7 heteroatoms. The second-order valence-corrected chi connectivity index (χ2v) is 6.76. The Kier molecular flexibility index (Phi) is 4.73. The zero-order valence-corrected chi connectivity index (χ0v) is 12.2. The van der Waals surface area contributed by atoms with Gasteiger partial charge in [0.1, 0.15) is 0 Å². The molecule has 1 saturated heterocycles. The highest BCUT2D eigenvalue weighted by Gasteiger charge is 2.27. The number of hydrogen-bond acceptors (Lipinski definition) is 4. The van der Waals surface area contributed by atoms with Crippen LogP contribution in [0, 0.1) is 11.3 Å². The summed E-state index contributed by atoms with van der Waals surface area (Å²) in [5.41, 5.74) is 1.44. The smallest absolute Gasteiger partial charge is 0.282 e. The van der Waals surface area contributed by atoms with Crippen LogP contribution in [-0.4, -0.2) is 50.3 Å². The summed E-state index contributed by atoms with van der Waals surface area (Å²) < 4.78 is 27.6. The summed E-state index contributed by atoms with van der Waals surface area (Å²) in [5.74, 6) is 0. The van der Waals surface area contributed by atoms with Gasteiger partial charge in [0.25, 0.3) is 10.2 Å². The molecule has 1 heterocycles. The predicted octanol–water partition coefficient (Wildman–Crippen LogP) is 0.140. The van der Waals surface area contributed by atoms with Crippen LogP contribution < -0.4 is 5.32 Å². The Bertz CT molecular complexity index is 586. The number of nitrogens with zero attached hydrogens (tertiary/aromatic N) is 3. The van der Waals surface area contributed by atoms with Crippen molar-refractivity contribution in [3.63, 3.8) is 0 Å². The van der Waals surface area contributed by atoms with Crippen LogP contribution in [0.4, 0.5) is 0 Å². The monoisotopic (exact) mass is 294 g/mol. The van der Waals surface area contributed by atoms with E-state index in [-0.39, 0.29) is 0 Å². The lowest BCUT2D eigenvalue weighted by Crippen LogP contribution is -2.50. The fourth-order valence-corrected chi connectivity index (χ4v) is 3.45. The molecule has 1 aromatic carbocycles. The predicted molar refractivity (Wildman–Crippen MR) is 76.0 cm³/mol. The normalized spacial score (nSPS) is 17.1. The zero-order valence-electron chi connectivity index (χ0n) is 11.4. The van der Waals surface area contributed by atoms with Gasteiger partial charge in [0.15, 0.2) is 0 Å². The van der Waals surface area contributed by atoms with E-state index < -0.39 is 10.2 Å². The fourth-order valence-electron chi connectivity index (χ4n) is 2.10. The van der Waals surface area contributed by atoms with Gasteiger partial charge in [-0.3, -0.25) is 0 Å². The number of benzene rings is 1. The summed E-state index contributed by atoms with van der Waals surface area (Å²) in [6.45, 7) is 2.67. The average molecular weight is 294 g/mol. The highest BCUT2D eigenvalue weighted by Crippen LogP contribution is 2.12. The lowest BCUT2D eigenvalue weighted by atomic mass is 10.1. The van der Waals surface area contributed by atoms with Crippen molar-refractivity contribution in [3.05, 3.63) is 35.4 Å². The molecule has 1 aliphatic heterocycles. The third kappa shape index (κ3) is 3.35. The first kappa shape index (κ1) is 14.9. The van der Waals surface area contributed by atoms with Crippen LogP contribution in [0.15, 0.2) is 24.3 Å². The lowest BCUT2D eigenvalue weighted by Gasteiger charge is -2.30. The highest BCUT2D eigenvalue weighted by molar-refractivity contribution is 7.86. The van der Waals surface area contributed by atoms with E-state index in [4.69, 9.17) is 5.26 Å². The molecule has 0 amide bonds. The summed E-state index contributed by atoms with van der Waals surface area (Å²) in [6, 6.07) is 8.99. The molecule has 0 unspecified atom stereocenters. The van der Waals surface area contributed by atoms with Crippen molar-refractivity contribution < 1.29 is 8.42 Å². The molecule has 0 radical (unpaired) electrons. The van der Waals surface area contributed by atoms with E-state index >= 15 is 0 Å². The molecule has 0 atom stereocenters. The molecule has 1 aliphatic rings. The van der Waals surface area contributed by atoms with Crippen molar-refractivity contribution in [3.8, 4) is 6.07 Å². The molecule has 20 heavy (non-hydrogen) atoms. The zero-order chi connectivity index (χ0) is 14.6. The Balaban J connectivity index is 2.06. The topological polar surface area (TPSA) is 76.4 Å². The molecule has 0 aromatic heterocycles. The summed E-state index contributed by atoms with van der Waals surface area (Å²) in [7, 11) is -1.84. The summed E-state index contributed by atoms with van der Waals surface area (Å²) >= 11 is 0. The first-order chi connectivity index (χ1) is 9.54. The maximum atomic E-state index is 12.4. The largest absolute Gasteiger partial charge is 0.314 e. The van der Waals surface area contributed by atoms with Gasteiger partial charge >= 0.3 is 0 Å². The van der Waals surface area contributed by atoms with Gasteiger partial charge in [-0.05, 0) is 17.7 Å². The number of piperazine rings is 1. The highest BCUT2D eigenvalue weighted by atomic mass is 32.2. The molecule has 1 fully saturated rings. The Morgan fingerprint density at radius 3 is 2.45 bits per heavy atom. The summed E-state index contributed by atoms with van der Waals surface area (Å²) in [6.07, 6.45) is 0. The minimum atomic E-state index is -3.41. The van der Waals surface area contributed by atoms with Gasteiger partial charge in [0.2, 0.25) is 0 Å². The van der Waals surface area contributed by atoms with E-state index in [9.17, 15) is 8.42 Å². The van der Waals surface area contributed by atoms with E-state index in [1.165, 1.54) is 8.61 Å². The number of hydrogen-bond donors (Lipinski definition) is 1. The summed E-state index contributed by atoms with van der Waals surface area (Å²) in [4.78, 5) is 0. The Labute approximate surface area is 119 Å². The molecule has 0 spiro atoms. The van der Waals surface area contributed by atoms with Crippen molar-refractivity contribution in [2.75, 3.05) is 33.2 Å². The Morgan fingerprint density at radius 2 is 1.90 bits per heavy atom. The van der Waals surface area contributed by atoms with Crippen LogP contribution >= 0.6 is 0 Å². The molecule has 6 nitrogen and oxygen atoms in total. The molecule has 0 aliphatic carbocycles. The maximum Gasteiger partial charge on any atom is 0.282 e. The third-order valence-corrected chi connectivity index (χ3v) is 5.22. The second kappa shape index (κ2) is 6.33. The van der Waals surface area contributed by atoms with Crippen LogP contribution in [0.3, 0.4) is 0 Å². The molecular formula is C13H18N4O2S. The van der Waals surface area contributed by atoms with Gasteiger partial charge in [-0.25, -0.2) is 0 Å². The molecular weight excluding hydrogens is 276 g/mol. The maximum absolute atomic E-state index is 12.4. The van der Waals surface area contributed by atoms with Gasteiger partial charge in [-0.1, -0.05) is 12.1 Å². The number of nitrogens with one attached hydrogen (secondary N) is 1. The van der Waals surface area contributed by atoms with Crippen molar-refractivity contribution in [1.82, 2.24) is 13.9 Å². The van der Waals surface area contributed by atoms with Gasteiger partial charge in [0, 0.05) is 39.8 Å². The number of rotatable bonds is 4. The van der Waals surface area contributed by atoms with Crippen LogP contribution in [-0.2, 0) is 16.8 Å². The Morgan fingerprint density at radius 1 is 1.30 bits per heavy atom. The molecule has 0 bridgehead atoms. The van der Waals surface area contributed by atoms with Gasteiger partial charge in [-0.15, -0.1) is 0 Å². The minimum Gasteiger partial charge on any atom is -0.314 e. The van der Waals surface area contributed by atoms with Gasteiger partial charge < -0.3 is 5.32 Å². The van der Waals surface area contributed by atoms with E-state index in [2.05, 4.69) is 5.32 Å². The third-order valence-electron chi connectivity index (χ3n) is 3.28. The SMILES string of the molecule is CN(Cc1ccc(C#N)cc1)S(=O)(=O)N1CCNCC1. The van der Waals surface area contributed by atoms with Crippen LogP contribution in [0.2, 0.25) is 0 Å². The van der Waals surface area contributed by atoms with Crippen molar-refractivity contribution >= 4 is 10.2 Å². The average Bonchev–Trinajstić information content (AvgIpc) is 2.49. The van der Waals surface area contributed by atoms with E-state index in [1.807, 2.05) is 6.07 Å². The fraction of sp³-hybridized carbons (Fsp3) is 0.462. The number of nitriles is 1. The molecule has 2 rings (SSSR count). The van der Waals surface area contributed by atoms with Crippen molar-refractivity contribution in [2.24, 2.45) is 0 Å². The molecule has 0 saturated carbocycles.